The monoisotopic (exact) mass is 282 g/mol. The summed E-state index contributed by atoms with van der Waals surface area (Å²) in [5.41, 5.74) is 0. The highest BCUT2D eigenvalue weighted by Gasteiger charge is 2.09. The quantitative estimate of drug-likeness (QED) is 0.631. The molecule has 1 aromatic heterocycles. The van der Waals surface area contributed by atoms with Gasteiger partial charge >= 0.3 is 0 Å². The molecule has 1 atom stereocenters. The van der Waals surface area contributed by atoms with Crippen molar-refractivity contribution < 1.29 is 4.39 Å². The maximum atomic E-state index is 13.7. The number of halogens is 1. The van der Waals surface area contributed by atoms with Crippen molar-refractivity contribution in [2.45, 2.75) is 65.3 Å². The first kappa shape index (κ1) is 16.7. The van der Waals surface area contributed by atoms with Crippen LogP contribution < -0.4 is 10.6 Å². The molecule has 114 valence electrons. The lowest BCUT2D eigenvalue weighted by Crippen LogP contribution is -2.18. The molecule has 0 aromatic carbocycles. The number of rotatable bonds is 10. The van der Waals surface area contributed by atoms with Crippen molar-refractivity contribution in [2.75, 3.05) is 17.2 Å². The lowest BCUT2D eigenvalue weighted by Gasteiger charge is -2.15. The first-order chi connectivity index (χ1) is 9.67. The molecule has 1 heterocycles. The fourth-order valence-corrected chi connectivity index (χ4v) is 1.97. The lowest BCUT2D eigenvalue weighted by molar-refractivity contribution is 0.580. The van der Waals surface area contributed by atoms with Gasteiger partial charge in [0, 0.05) is 12.6 Å². The molecule has 5 heteroatoms. The molecule has 0 amide bonds. The zero-order valence-electron chi connectivity index (χ0n) is 12.9. The van der Waals surface area contributed by atoms with Gasteiger partial charge in [-0.15, -0.1) is 0 Å². The van der Waals surface area contributed by atoms with Crippen LogP contribution in [0.4, 0.5) is 16.2 Å². The van der Waals surface area contributed by atoms with Gasteiger partial charge in [-0.25, -0.2) is 9.37 Å². The van der Waals surface area contributed by atoms with E-state index < -0.39 is 5.82 Å². The smallest absolute Gasteiger partial charge is 0.224 e. The molecule has 1 aromatic rings. The van der Waals surface area contributed by atoms with Gasteiger partial charge in [0.25, 0.3) is 0 Å². The molecule has 0 saturated carbocycles. The Bertz CT molecular complexity index is 384. The van der Waals surface area contributed by atoms with E-state index in [1.165, 1.54) is 25.5 Å². The minimum atomic E-state index is -0.396. The summed E-state index contributed by atoms with van der Waals surface area (Å²) >= 11 is 0. The number of nitrogens with zero attached hydrogens (tertiary/aromatic N) is 2. The summed E-state index contributed by atoms with van der Waals surface area (Å²) in [4.78, 5) is 8.12. The van der Waals surface area contributed by atoms with E-state index in [-0.39, 0.29) is 6.04 Å². The van der Waals surface area contributed by atoms with Crippen LogP contribution in [0.25, 0.3) is 0 Å². The molecule has 0 radical (unpaired) electrons. The van der Waals surface area contributed by atoms with Crippen LogP contribution in [-0.2, 0) is 0 Å². The summed E-state index contributed by atoms with van der Waals surface area (Å²) in [5.74, 6) is 0.378. The zero-order valence-corrected chi connectivity index (χ0v) is 12.9. The molecule has 0 aliphatic carbocycles. The van der Waals surface area contributed by atoms with Crippen LogP contribution in [0.2, 0.25) is 0 Å². The van der Waals surface area contributed by atoms with E-state index in [1.807, 2.05) is 0 Å². The normalized spacial score (nSPS) is 12.2. The van der Waals surface area contributed by atoms with Crippen LogP contribution in [-0.4, -0.2) is 22.6 Å². The molecular weight excluding hydrogens is 255 g/mol. The maximum absolute atomic E-state index is 13.7. The Hall–Kier alpha value is -1.39. The van der Waals surface area contributed by atoms with Gasteiger partial charge in [-0.1, -0.05) is 39.5 Å². The van der Waals surface area contributed by atoms with Gasteiger partial charge in [0.05, 0.1) is 6.20 Å². The molecular formula is C15H27FN4. The number of hydrogen-bond acceptors (Lipinski definition) is 4. The Labute approximate surface area is 121 Å². The summed E-state index contributed by atoms with van der Waals surface area (Å²) in [6, 6.07) is 0.218. The van der Waals surface area contributed by atoms with Crippen molar-refractivity contribution in [3.05, 3.63) is 12.0 Å². The van der Waals surface area contributed by atoms with Crippen molar-refractivity contribution in [3.8, 4) is 0 Å². The third-order valence-electron chi connectivity index (χ3n) is 3.15. The number of nitrogens with one attached hydrogen (secondary N) is 2. The fraction of sp³-hybridized carbons (Fsp3) is 0.733. The SMILES string of the molecule is CCCCCCC(C)Nc1nc(NCCC)ncc1F. The van der Waals surface area contributed by atoms with Crippen LogP contribution in [0, 0.1) is 5.82 Å². The van der Waals surface area contributed by atoms with Gasteiger partial charge in [-0.3, -0.25) is 0 Å². The van der Waals surface area contributed by atoms with Crippen molar-refractivity contribution in [3.63, 3.8) is 0 Å². The summed E-state index contributed by atoms with van der Waals surface area (Å²) < 4.78 is 13.7. The van der Waals surface area contributed by atoms with Crippen LogP contribution in [0.15, 0.2) is 6.20 Å². The van der Waals surface area contributed by atoms with Crippen LogP contribution in [0.1, 0.15) is 59.3 Å². The van der Waals surface area contributed by atoms with Gasteiger partial charge in [0.2, 0.25) is 5.95 Å². The zero-order chi connectivity index (χ0) is 14.8. The second-order valence-corrected chi connectivity index (χ2v) is 5.21. The highest BCUT2D eigenvalue weighted by Crippen LogP contribution is 2.15. The topological polar surface area (TPSA) is 49.8 Å². The Kier molecular flexibility index (Phi) is 7.92. The summed E-state index contributed by atoms with van der Waals surface area (Å²) in [5, 5.41) is 6.20. The van der Waals surface area contributed by atoms with Gasteiger partial charge in [0.1, 0.15) is 0 Å². The summed E-state index contributed by atoms with van der Waals surface area (Å²) in [7, 11) is 0. The Morgan fingerprint density at radius 3 is 2.70 bits per heavy atom. The molecule has 4 nitrogen and oxygen atoms in total. The molecule has 0 fully saturated rings. The summed E-state index contributed by atoms with van der Waals surface area (Å²) in [6.45, 7) is 7.11. The van der Waals surface area contributed by atoms with E-state index in [1.54, 1.807) is 0 Å². The molecule has 0 aliphatic heterocycles. The van der Waals surface area contributed by atoms with Crippen LogP contribution in [0.5, 0.6) is 0 Å². The molecule has 0 bridgehead atoms. The average molecular weight is 282 g/mol. The minimum Gasteiger partial charge on any atom is -0.365 e. The third kappa shape index (κ3) is 6.17. The second-order valence-electron chi connectivity index (χ2n) is 5.21. The van der Waals surface area contributed by atoms with Crippen molar-refractivity contribution in [2.24, 2.45) is 0 Å². The maximum Gasteiger partial charge on any atom is 0.224 e. The minimum absolute atomic E-state index is 0.218. The van der Waals surface area contributed by atoms with Crippen molar-refractivity contribution in [1.29, 1.82) is 0 Å². The predicted octanol–water partition coefficient (Wildman–Crippen LogP) is 4.21. The van der Waals surface area contributed by atoms with E-state index in [0.717, 1.165) is 25.8 Å². The Balaban J connectivity index is 2.48. The first-order valence-electron chi connectivity index (χ1n) is 7.70. The van der Waals surface area contributed by atoms with Crippen molar-refractivity contribution in [1.82, 2.24) is 9.97 Å². The van der Waals surface area contributed by atoms with E-state index in [2.05, 4.69) is 41.4 Å². The molecule has 0 saturated heterocycles. The van der Waals surface area contributed by atoms with E-state index in [9.17, 15) is 4.39 Å². The van der Waals surface area contributed by atoms with Crippen LogP contribution >= 0.6 is 0 Å². The van der Waals surface area contributed by atoms with Gasteiger partial charge in [0.15, 0.2) is 11.6 Å². The Morgan fingerprint density at radius 2 is 2.00 bits per heavy atom. The number of hydrogen-bond donors (Lipinski definition) is 2. The second kappa shape index (κ2) is 9.50. The molecule has 20 heavy (non-hydrogen) atoms. The number of unbranched alkanes of at least 4 members (excludes halogenated alkanes) is 3. The molecule has 2 N–H and O–H groups in total. The summed E-state index contributed by atoms with van der Waals surface area (Å²) in [6.07, 6.45) is 8.12. The van der Waals surface area contributed by atoms with Gasteiger partial charge in [-0.05, 0) is 19.8 Å². The van der Waals surface area contributed by atoms with E-state index in [0.29, 0.717) is 11.8 Å². The number of anilines is 2. The standard InChI is InChI=1S/C15H27FN4/c1-4-6-7-8-9-12(3)19-14-13(16)11-18-15(20-14)17-10-5-2/h11-12H,4-10H2,1-3H3,(H2,17,18,19,20). The molecule has 1 rings (SSSR count). The third-order valence-corrected chi connectivity index (χ3v) is 3.15. The van der Waals surface area contributed by atoms with Crippen LogP contribution in [0.3, 0.4) is 0 Å². The fourth-order valence-electron chi connectivity index (χ4n) is 1.97. The average Bonchev–Trinajstić information content (AvgIpc) is 2.44. The van der Waals surface area contributed by atoms with Gasteiger partial charge in [-0.2, -0.15) is 4.98 Å². The highest BCUT2D eigenvalue weighted by molar-refractivity contribution is 5.41. The van der Waals surface area contributed by atoms with Gasteiger partial charge < -0.3 is 10.6 Å². The van der Waals surface area contributed by atoms with Crippen molar-refractivity contribution >= 4 is 11.8 Å². The lowest BCUT2D eigenvalue weighted by atomic mass is 10.1. The molecule has 0 spiro atoms. The highest BCUT2D eigenvalue weighted by atomic mass is 19.1. The largest absolute Gasteiger partial charge is 0.365 e. The Morgan fingerprint density at radius 1 is 1.20 bits per heavy atom. The predicted molar refractivity (Wildman–Crippen MR) is 82.6 cm³/mol. The first-order valence-corrected chi connectivity index (χ1v) is 7.70. The van der Waals surface area contributed by atoms with E-state index >= 15 is 0 Å². The van der Waals surface area contributed by atoms with E-state index in [4.69, 9.17) is 0 Å². The molecule has 1 unspecified atom stereocenters. The number of aromatic nitrogens is 2. The molecule has 0 aliphatic rings.